The Kier molecular flexibility index (Phi) is 4.62. The Hall–Kier alpha value is -1.59. The maximum Gasteiger partial charge on any atom is 0.335 e. The Bertz CT molecular complexity index is 661. The van der Waals surface area contributed by atoms with Gasteiger partial charge in [-0.3, -0.25) is 0 Å². The molecule has 0 heterocycles. The van der Waals surface area contributed by atoms with E-state index in [4.69, 9.17) is 21.4 Å². The van der Waals surface area contributed by atoms with Crippen LogP contribution in [0.4, 0.5) is 4.39 Å². The Balaban J connectivity index is 2.10. The van der Waals surface area contributed by atoms with Crippen molar-refractivity contribution in [3.8, 4) is 5.75 Å². The zero-order valence-corrected chi connectivity index (χ0v) is 12.4. The van der Waals surface area contributed by atoms with Crippen LogP contribution in [0.3, 0.4) is 0 Å². The van der Waals surface area contributed by atoms with Crippen molar-refractivity contribution in [1.29, 1.82) is 0 Å². The summed E-state index contributed by atoms with van der Waals surface area (Å²) in [6, 6.07) is 8.77. The van der Waals surface area contributed by atoms with Crippen LogP contribution in [-0.4, -0.2) is 11.1 Å². The molecule has 0 aliphatic carbocycles. The molecule has 0 amide bonds. The largest absolute Gasteiger partial charge is 0.489 e. The van der Waals surface area contributed by atoms with Crippen molar-refractivity contribution in [3.05, 3.63) is 62.8 Å². The molecular formula is C14H9BrClFO3. The number of carboxylic acid groups (broad SMARTS) is 1. The standard InChI is InChI=1S/C14H9BrClFO3/c15-11-4-3-10(6-13(11)17)20-7-9-2-1-8(14(18)19)5-12(9)16/h1-6H,7H2,(H,18,19). The van der Waals surface area contributed by atoms with E-state index in [1.54, 1.807) is 18.2 Å². The van der Waals surface area contributed by atoms with Gasteiger partial charge in [-0.15, -0.1) is 0 Å². The van der Waals surface area contributed by atoms with Gasteiger partial charge in [-0.2, -0.15) is 0 Å². The van der Waals surface area contributed by atoms with Crippen molar-refractivity contribution in [2.45, 2.75) is 6.61 Å². The SMILES string of the molecule is O=C(O)c1ccc(COc2ccc(Br)c(F)c2)c(Cl)c1. The van der Waals surface area contributed by atoms with Gasteiger partial charge in [0, 0.05) is 16.7 Å². The first-order valence-corrected chi connectivity index (χ1v) is 6.74. The highest BCUT2D eigenvalue weighted by Crippen LogP contribution is 2.23. The molecule has 2 rings (SSSR count). The van der Waals surface area contributed by atoms with Crippen LogP contribution in [0.25, 0.3) is 0 Å². The minimum Gasteiger partial charge on any atom is -0.489 e. The minimum absolute atomic E-state index is 0.105. The van der Waals surface area contributed by atoms with Crippen LogP contribution in [0.5, 0.6) is 5.75 Å². The number of carbonyl (C=O) groups is 1. The van der Waals surface area contributed by atoms with Crippen molar-refractivity contribution in [2.24, 2.45) is 0 Å². The molecule has 0 bridgehead atoms. The van der Waals surface area contributed by atoms with Crippen LogP contribution in [0.1, 0.15) is 15.9 Å². The molecule has 0 saturated carbocycles. The Morgan fingerprint density at radius 2 is 2.05 bits per heavy atom. The summed E-state index contributed by atoms with van der Waals surface area (Å²) < 4.78 is 19.1. The number of carboxylic acids is 1. The van der Waals surface area contributed by atoms with Gasteiger partial charge in [-0.25, -0.2) is 9.18 Å². The van der Waals surface area contributed by atoms with E-state index in [2.05, 4.69) is 15.9 Å². The normalized spacial score (nSPS) is 10.3. The minimum atomic E-state index is -1.05. The van der Waals surface area contributed by atoms with E-state index >= 15 is 0 Å². The number of hydrogen-bond donors (Lipinski definition) is 1. The molecule has 1 N–H and O–H groups in total. The first kappa shape index (κ1) is 14.8. The second-order valence-corrected chi connectivity index (χ2v) is 5.24. The van der Waals surface area contributed by atoms with Gasteiger partial charge in [0.15, 0.2) is 0 Å². The lowest BCUT2D eigenvalue weighted by molar-refractivity contribution is 0.0697. The van der Waals surface area contributed by atoms with Crippen molar-refractivity contribution in [1.82, 2.24) is 0 Å². The van der Waals surface area contributed by atoms with Crippen LogP contribution in [-0.2, 0) is 6.61 Å². The van der Waals surface area contributed by atoms with Crippen molar-refractivity contribution in [2.75, 3.05) is 0 Å². The molecule has 0 aliphatic rings. The molecule has 0 aliphatic heterocycles. The fourth-order valence-electron chi connectivity index (χ4n) is 1.53. The number of hydrogen-bond acceptors (Lipinski definition) is 2. The molecular weight excluding hydrogens is 351 g/mol. The molecule has 0 unspecified atom stereocenters. The Labute approximate surface area is 128 Å². The summed E-state index contributed by atoms with van der Waals surface area (Å²) in [4.78, 5) is 10.8. The summed E-state index contributed by atoms with van der Waals surface area (Å²) in [5.74, 6) is -1.10. The molecule has 104 valence electrons. The lowest BCUT2D eigenvalue weighted by atomic mass is 10.1. The van der Waals surface area contributed by atoms with Crippen LogP contribution >= 0.6 is 27.5 Å². The third-order valence-electron chi connectivity index (χ3n) is 2.59. The molecule has 20 heavy (non-hydrogen) atoms. The zero-order chi connectivity index (χ0) is 14.7. The number of ether oxygens (including phenoxy) is 1. The highest BCUT2D eigenvalue weighted by atomic mass is 79.9. The van der Waals surface area contributed by atoms with Gasteiger partial charge in [0.25, 0.3) is 0 Å². The van der Waals surface area contributed by atoms with E-state index in [1.165, 1.54) is 18.2 Å². The van der Waals surface area contributed by atoms with Crippen molar-refractivity contribution < 1.29 is 19.0 Å². The van der Waals surface area contributed by atoms with E-state index in [1.807, 2.05) is 0 Å². The van der Waals surface area contributed by atoms with E-state index in [0.717, 1.165) is 0 Å². The van der Waals surface area contributed by atoms with Crippen LogP contribution < -0.4 is 4.74 Å². The Morgan fingerprint density at radius 1 is 1.30 bits per heavy atom. The molecule has 0 atom stereocenters. The molecule has 0 aromatic heterocycles. The van der Waals surface area contributed by atoms with Crippen molar-refractivity contribution >= 4 is 33.5 Å². The summed E-state index contributed by atoms with van der Waals surface area (Å²) >= 11 is 9.02. The number of benzene rings is 2. The topological polar surface area (TPSA) is 46.5 Å². The van der Waals surface area contributed by atoms with Crippen molar-refractivity contribution in [3.63, 3.8) is 0 Å². The summed E-state index contributed by atoms with van der Waals surface area (Å²) in [6.07, 6.45) is 0. The average molecular weight is 360 g/mol. The predicted octanol–water partition coefficient (Wildman–Crippen LogP) is 4.52. The fourth-order valence-corrected chi connectivity index (χ4v) is 2.01. The lowest BCUT2D eigenvalue weighted by Gasteiger charge is -2.09. The van der Waals surface area contributed by atoms with E-state index in [9.17, 15) is 9.18 Å². The maximum absolute atomic E-state index is 13.3. The molecule has 2 aromatic rings. The molecule has 0 fully saturated rings. The van der Waals surface area contributed by atoms with E-state index in [-0.39, 0.29) is 12.2 Å². The number of halogens is 3. The second-order valence-electron chi connectivity index (χ2n) is 3.98. The zero-order valence-electron chi connectivity index (χ0n) is 10.1. The highest BCUT2D eigenvalue weighted by molar-refractivity contribution is 9.10. The molecule has 2 aromatic carbocycles. The summed E-state index contributed by atoms with van der Waals surface area (Å²) in [5.41, 5.74) is 0.730. The van der Waals surface area contributed by atoms with E-state index < -0.39 is 11.8 Å². The smallest absolute Gasteiger partial charge is 0.335 e. The number of rotatable bonds is 4. The first-order chi connectivity index (χ1) is 9.47. The molecule has 6 heteroatoms. The Morgan fingerprint density at radius 3 is 2.65 bits per heavy atom. The van der Waals surface area contributed by atoms with Gasteiger partial charge in [-0.1, -0.05) is 17.7 Å². The third kappa shape index (κ3) is 3.49. The molecule has 0 spiro atoms. The predicted molar refractivity (Wildman–Crippen MR) is 76.8 cm³/mol. The van der Waals surface area contributed by atoms with Gasteiger partial charge in [0.05, 0.1) is 10.0 Å². The monoisotopic (exact) mass is 358 g/mol. The van der Waals surface area contributed by atoms with Gasteiger partial charge >= 0.3 is 5.97 Å². The van der Waals surface area contributed by atoms with Gasteiger partial charge in [0.2, 0.25) is 0 Å². The van der Waals surface area contributed by atoms with Gasteiger partial charge < -0.3 is 9.84 Å². The second kappa shape index (κ2) is 6.24. The molecule has 0 radical (unpaired) electrons. The van der Waals surface area contributed by atoms with Gasteiger partial charge in [-0.05, 0) is 40.2 Å². The average Bonchev–Trinajstić information content (AvgIpc) is 2.41. The van der Waals surface area contributed by atoms with Crippen LogP contribution in [0.2, 0.25) is 5.02 Å². The van der Waals surface area contributed by atoms with Crippen LogP contribution in [0.15, 0.2) is 40.9 Å². The maximum atomic E-state index is 13.3. The van der Waals surface area contributed by atoms with Crippen LogP contribution in [0, 0.1) is 5.82 Å². The van der Waals surface area contributed by atoms with Gasteiger partial charge in [0.1, 0.15) is 18.2 Å². The number of aromatic carboxylic acids is 1. The summed E-state index contributed by atoms with van der Waals surface area (Å²) in [6.45, 7) is 0.125. The fraction of sp³-hybridized carbons (Fsp3) is 0.0714. The summed E-state index contributed by atoms with van der Waals surface area (Å²) in [5, 5.41) is 9.12. The third-order valence-corrected chi connectivity index (χ3v) is 3.58. The molecule has 0 saturated heterocycles. The highest BCUT2D eigenvalue weighted by Gasteiger charge is 2.08. The quantitative estimate of drug-likeness (QED) is 0.873. The molecule has 3 nitrogen and oxygen atoms in total. The first-order valence-electron chi connectivity index (χ1n) is 5.57. The van der Waals surface area contributed by atoms with E-state index in [0.29, 0.717) is 20.8 Å². The summed E-state index contributed by atoms with van der Waals surface area (Å²) in [7, 11) is 0. The lowest BCUT2D eigenvalue weighted by Crippen LogP contribution is -2.00.